The van der Waals surface area contributed by atoms with Gasteiger partial charge in [-0.3, -0.25) is 0 Å². The van der Waals surface area contributed by atoms with Gasteiger partial charge in [-0.1, -0.05) is 19.9 Å². The molecule has 0 aliphatic carbocycles. The number of hydrogen-bond acceptors (Lipinski definition) is 3. The van der Waals surface area contributed by atoms with Gasteiger partial charge in [0, 0.05) is 6.04 Å². The Morgan fingerprint density at radius 3 is 2.24 bits per heavy atom. The fraction of sp³-hybridized carbons (Fsp3) is 0.571. The first-order valence-corrected chi connectivity index (χ1v) is 5.97. The van der Waals surface area contributed by atoms with Crippen LogP contribution in [-0.2, 0) is 0 Å². The largest absolute Gasteiger partial charge is 0.496 e. The van der Waals surface area contributed by atoms with Crippen LogP contribution in [0.3, 0.4) is 0 Å². The molecule has 0 fully saturated rings. The van der Waals surface area contributed by atoms with Gasteiger partial charge in [-0.2, -0.15) is 0 Å². The zero-order valence-corrected chi connectivity index (χ0v) is 11.3. The molecule has 0 aliphatic heterocycles. The summed E-state index contributed by atoms with van der Waals surface area (Å²) in [6.45, 7) is 8.01. The summed E-state index contributed by atoms with van der Waals surface area (Å²) in [4.78, 5) is 0. The van der Waals surface area contributed by atoms with E-state index in [1.54, 1.807) is 7.11 Å². The minimum atomic E-state index is -0.625. The molecular formula is C14H23NO2. The van der Waals surface area contributed by atoms with Gasteiger partial charge < -0.3 is 15.6 Å². The molecule has 0 aliphatic rings. The summed E-state index contributed by atoms with van der Waals surface area (Å²) >= 11 is 0. The van der Waals surface area contributed by atoms with Crippen molar-refractivity contribution in [1.82, 2.24) is 0 Å². The van der Waals surface area contributed by atoms with Crippen LogP contribution in [0.5, 0.6) is 5.75 Å². The maximum Gasteiger partial charge on any atom is 0.122 e. The average Bonchev–Trinajstić information content (AvgIpc) is 2.30. The number of methoxy groups -OCH3 is 1. The van der Waals surface area contributed by atoms with Crippen LogP contribution in [0.4, 0.5) is 0 Å². The van der Waals surface area contributed by atoms with Crippen LogP contribution in [0.2, 0.25) is 0 Å². The van der Waals surface area contributed by atoms with E-state index in [0.29, 0.717) is 0 Å². The van der Waals surface area contributed by atoms with E-state index >= 15 is 0 Å². The molecule has 0 saturated carbocycles. The van der Waals surface area contributed by atoms with E-state index < -0.39 is 6.10 Å². The average molecular weight is 237 g/mol. The molecule has 1 aromatic carbocycles. The molecule has 3 nitrogen and oxygen atoms in total. The highest BCUT2D eigenvalue weighted by Crippen LogP contribution is 2.30. The number of nitrogens with two attached hydrogens (primary N) is 1. The van der Waals surface area contributed by atoms with Crippen molar-refractivity contribution in [2.24, 2.45) is 11.7 Å². The molecule has 0 aromatic heterocycles. The highest BCUT2D eigenvalue weighted by molar-refractivity contribution is 5.44. The molecule has 3 heteroatoms. The van der Waals surface area contributed by atoms with Gasteiger partial charge in [-0.25, -0.2) is 0 Å². The van der Waals surface area contributed by atoms with Crippen molar-refractivity contribution in [3.05, 3.63) is 28.8 Å². The predicted molar refractivity (Wildman–Crippen MR) is 70.2 cm³/mol. The van der Waals surface area contributed by atoms with Gasteiger partial charge in [0.1, 0.15) is 5.75 Å². The van der Waals surface area contributed by atoms with Crippen molar-refractivity contribution >= 4 is 0 Å². The standard InChI is InChI=1S/C14H23NO2/c1-8(2)13(15)14(16)11-6-7-12(17-5)10(4)9(11)3/h6-8,13-14,16H,15H2,1-5H3. The Hall–Kier alpha value is -1.06. The highest BCUT2D eigenvalue weighted by Gasteiger charge is 2.22. The molecule has 3 N–H and O–H groups in total. The molecule has 17 heavy (non-hydrogen) atoms. The summed E-state index contributed by atoms with van der Waals surface area (Å²) in [5.41, 5.74) is 9.00. The normalized spacial score (nSPS) is 14.8. The zero-order chi connectivity index (χ0) is 13.2. The number of hydrogen-bond donors (Lipinski definition) is 2. The maximum absolute atomic E-state index is 10.3. The van der Waals surface area contributed by atoms with E-state index in [4.69, 9.17) is 10.5 Å². The third kappa shape index (κ3) is 2.79. The second-order valence-electron chi connectivity index (χ2n) is 4.87. The molecule has 1 aromatic rings. The topological polar surface area (TPSA) is 55.5 Å². The van der Waals surface area contributed by atoms with E-state index in [2.05, 4.69) is 0 Å². The number of benzene rings is 1. The van der Waals surface area contributed by atoms with Gasteiger partial charge in [0.25, 0.3) is 0 Å². The van der Waals surface area contributed by atoms with E-state index in [1.165, 1.54) is 0 Å². The molecule has 0 bridgehead atoms. The van der Waals surface area contributed by atoms with Gasteiger partial charge in [-0.05, 0) is 42.5 Å². The fourth-order valence-electron chi connectivity index (χ4n) is 1.93. The lowest BCUT2D eigenvalue weighted by Gasteiger charge is -2.25. The summed E-state index contributed by atoms with van der Waals surface area (Å²) < 4.78 is 5.26. The van der Waals surface area contributed by atoms with Crippen molar-refractivity contribution in [2.75, 3.05) is 7.11 Å². The first-order valence-electron chi connectivity index (χ1n) is 5.97. The number of rotatable bonds is 4. The molecule has 0 radical (unpaired) electrons. The van der Waals surface area contributed by atoms with Crippen LogP contribution in [0.1, 0.15) is 36.6 Å². The Labute approximate surface area is 104 Å². The van der Waals surface area contributed by atoms with Crippen LogP contribution < -0.4 is 10.5 Å². The first-order chi connectivity index (χ1) is 7.90. The second kappa shape index (κ2) is 5.52. The monoisotopic (exact) mass is 237 g/mol. The predicted octanol–water partition coefficient (Wildman–Crippen LogP) is 2.33. The molecule has 0 saturated heterocycles. The SMILES string of the molecule is COc1ccc(C(O)C(N)C(C)C)c(C)c1C. The summed E-state index contributed by atoms with van der Waals surface area (Å²) in [6.07, 6.45) is -0.625. The van der Waals surface area contributed by atoms with Crippen molar-refractivity contribution in [3.8, 4) is 5.75 Å². The Balaban J connectivity index is 3.11. The lowest BCUT2D eigenvalue weighted by molar-refractivity contribution is 0.125. The van der Waals surface area contributed by atoms with Gasteiger partial charge in [0.05, 0.1) is 13.2 Å². The molecule has 0 heterocycles. The van der Waals surface area contributed by atoms with Gasteiger partial charge in [0.15, 0.2) is 0 Å². The summed E-state index contributed by atoms with van der Waals surface area (Å²) in [5, 5.41) is 10.3. The lowest BCUT2D eigenvalue weighted by atomic mass is 9.90. The second-order valence-corrected chi connectivity index (χ2v) is 4.87. The van der Waals surface area contributed by atoms with E-state index in [-0.39, 0.29) is 12.0 Å². The Morgan fingerprint density at radius 1 is 1.18 bits per heavy atom. The van der Waals surface area contributed by atoms with Crippen molar-refractivity contribution in [3.63, 3.8) is 0 Å². The summed E-state index contributed by atoms with van der Waals surface area (Å²) in [7, 11) is 1.65. The van der Waals surface area contributed by atoms with Gasteiger partial charge in [-0.15, -0.1) is 0 Å². The third-order valence-corrected chi connectivity index (χ3v) is 3.45. The van der Waals surface area contributed by atoms with Crippen LogP contribution >= 0.6 is 0 Å². The minimum absolute atomic E-state index is 0.242. The maximum atomic E-state index is 10.3. The molecule has 0 amide bonds. The third-order valence-electron chi connectivity index (χ3n) is 3.45. The molecule has 1 rings (SSSR count). The number of aliphatic hydroxyl groups is 1. The van der Waals surface area contributed by atoms with Gasteiger partial charge >= 0.3 is 0 Å². The first kappa shape index (κ1) is 14.0. The molecule has 0 spiro atoms. The highest BCUT2D eigenvalue weighted by atomic mass is 16.5. The minimum Gasteiger partial charge on any atom is -0.496 e. The molecular weight excluding hydrogens is 214 g/mol. The smallest absolute Gasteiger partial charge is 0.122 e. The van der Waals surface area contributed by atoms with Crippen LogP contribution in [-0.4, -0.2) is 18.3 Å². The van der Waals surface area contributed by atoms with Crippen molar-refractivity contribution in [1.29, 1.82) is 0 Å². The molecule has 2 atom stereocenters. The van der Waals surface area contributed by atoms with Crippen LogP contribution in [0.25, 0.3) is 0 Å². The van der Waals surface area contributed by atoms with E-state index in [9.17, 15) is 5.11 Å². The van der Waals surface area contributed by atoms with Gasteiger partial charge in [0.2, 0.25) is 0 Å². The Bertz CT molecular complexity index is 388. The molecule has 96 valence electrons. The summed E-state index contributed by atoms with van der Waals surface area (Å²) in [6, 6.07) is 3.53. The fourth-order valence-corrected chi connectivity index (χ4v) is 1.93. The Morgan fingerprint density at radius 2 is 1.76 bits per heavy atom. The van der Waals surface area contributed by atoms with Crippen molar-refractivity contribution in [2.45, 2.75) is 39.8 Å². The number of ether oxygens (including phenoxy) is 1. The van der Waals surface area contributed by atoms with Crippen LogP contribution in [0, 0.1) is 19.8 Å². The van der Waals surface area contributed by atoms with Crippen molar-refractivity contribution < 1.29 is 9.84 Å². The zero-order valence-electron chi connectivity index (χ0n) is 11.3. The molecule has 2 unspecified atom stereocenters. The summed E-state index contributed by atoms with van der Waals surface area (Å²) in [5.74, 6) is 1.09. The van der Waals surface area contributed by atoms with E-state index in [0.717, 1.165) is 22.4 Å². The van der Waals surface area contributed by atoms with Crippen LogP contribution in [0.15, 0.2) is 12.1 Å². The quantitative estimate of drug-likeness (QED) is 0.845. The van der Waals surface area contributed by atoms with E-state index in [1.807, 2.05) is 39.8 Å². The Kier molecular flexibility index (Phi) is 4.54. The lowest BCUT2D eigenvalue weighted by Crippen LogP contribution is -2.33. The number of aliphatic hydroxyl groups excluding tert-OH is 1.